The van der Waals surface area contributed by atoms with E-state index in [0.717, 1.165) is 18.4 Å². The maximum absolute atomic E-state index is 13.0. The van der Waals surface area contributed by atoms with E-state index in [4.69, 9.17) is 18.9 Å². The molecule has 37 heavy (non-hydrogen) atoms. The number of hydrogen-bond donors (Lipinski definition) is 1. The maximum Gasteiger partial charge on any atom is 0.262 e. The fourth-order valence-electron chi connectivity index (χ4n) is 5.15. The molecule has 0 spiro atoms. The van der Waals surface area contributed by atoms with Gasteiger partial charge in [-0.25, -0.2) is 0 Å². The summed E-state index contributed by atoms with van der Waals surface area (Å²) < 4.78 is 22.6. The van der Waals surface area contributed by atoms with Gasteiger partial charge in [0.25, 0.3) is 5.91 Å². The number of nitrogens with one attached hydrogen (secondary N) is 1. The molecule has 0 fully saturated rings. The first-order chi connectivity index (χ1) is 18.0. The van der Waals surface area contributed by atoms with Gasteiger partial charge in [-0.05, 0) is 54.8 Å². The Morgan fingerprint density at radius 2 is 1.51 bits per heavy atom. The van der Waals surface area contributed by atoms with E-state index in [-0.39, 0.29) is 24.1 Å². The number of methoxy groups -OCH3 is 2. The van der Waals surface area contributed by atoms with Crippen LogP contribution in [0.4, 0.5) is 5.69 Å². The van der Waals surface area contributed by atoms with Crippen molar-refractivity contribution in [2.24, 2.45) is 0 Å². The quantitative estimate of drug-likeness (QED) is 0.577. The zero-order chi connectivity index (χ0) is 25.9. The van der Waals surface area contributed by atoms with Gasteiger partial charge in [0.05, 0.1) is 14.2 Å². The molecule has 0 saturated heterocycles. The molecule has 5 rings (SSSR count). The summed E-state index contributed by atoms with van der Waals surface area (Å²) in [6.07, 6.45) is 3.74. The van der Waals surface area contributed by atoms with Gasteiger partial charge >= 0.3 is 0 Å². The number of allylic oxidation sites excluding steroid dienone is 4. The molecule has 1 aliphatic heterocycles. The summed E-state index contributed by atoms with van der Waals surface area (Å²) in [5, 5.41) is 2.77. The Kier molecular flexibility index (Phi) is 6.99. The van der Waals surface area contributed by atoms with Crippen molar-refractivity contribution in [3.63, 3.8) is 0 Å². The van der Waals surface area contributed by atoms with Gasteiger partial charge in [-0.2, -0.15) is 0 Å². The van der Waals surface area contributed by atoms with Crippen LogP contribution in [-0.4, -0.2) is 38.3 Å². The van der Waals surface area contributed by atoms with Gasteiger partial charge in [-0.3, -0.25) is 14.4 Å². The summed E-state index contributed by atoms with van der Waals surface area (Å²) >= 11 is 0. The van der Waals surface area contributed by atoms with Gasteiger partial charge in [-0.15, -0.1) is 0 Å². The predicted octanol–water partition coefficient (Wildman–Crippen LogP) is 4.85. The highest BCUT2D eigenvalue weighted by atomic mass is 16.5. The van der Waals surface area contributed by atoms with Crippen LogP contribution in [-0.2, 0) is 19.1 Å². The van der Waals surface area contributed by atoms with Crippen LogP contribution in [0.1, 0.15) is 50.0 Å². The van der Waals surface area contributed by atoms with Crippen LogP contribution in [0.15, 0.2) is 65.1 Å². The molecule has 3 aliphatic rings. The van der Waals surface area contributed by atoms with Crippen molar-refractivity contribution in [2.45, 2.75) is 44.4 Å². The molecule has 2 aromatic rings. The minimum atomic E-state index is -0.485. The van der Waals surface area contributed by atoms with Crippen LogP contribution < -0.4 is 19.5 Å². The van der Waals surface area contributed by atoms with Crippen LogP contribution in [0.2, 0.25) is 0 Å². The lowest BCUT2D eigenvalue weighted by Crippen LogP contribution is -2.30. The maximum atomic E-state index is 13.0. The molecule has 2 aromatic carbocycles. The van der Waals surface area contributed by atoms with E-state index in [0.29, 0.717) is 71.3 Å². The highest BCUT2D eigenvalue weighted by molar-refractivity contribution is 6.05. The van der Waals surface area contributed by atoms with E-state index in [1.54, 1.807) is 43.5 Å². The minimum Gasteiger partial charge on any atom is -0.497 e. The third-order valence-electron chi connectivity index (χ3n) is 6.89. The third-order valence-corrected chi connectivity index (χ3v) is 6.89. The lowest BCUT2D eigenvalue weighted by molar-refractivity contribution is -0.119. The van der Waals surface area contributed by atoms with Crippen LogP contribution >= 0.6 is 0 Å². The molecular formula is C29H29NO7. The van der Waals surface area contributed by atoms with Crippen LogP contribution in [0.25, 0.3) is 0 Å². The molecule has 0 radical (unpaired) electrons. The Morgan fingerprint density at radius 3 is 2.11 bits per heavy atom. The summed E-state index contributed by atoms with van der Waals surface area (Å²) in [5.41, 5.74) is 2.55. The smallest absolute Gasteiger partial charge is 0.262 e. The Bertz CT molecular complexity index is 1260. The first-order valence-electron chi connectivity index (χ1n) is 12.4. The van der Waals surface area contributed by atoms with Gasteiger partial charge in [0, 0.05) is 48.4 Å². The zero-order valence-corrected chi connectivity index (χ0v) is 20.9. The number of ether oxygens (including phenoxy) is 4. The van der Waals surface area contributed by atoms with E-state index < -0.39 is 5.92 Å². The van der Waals surface area contributed by atoms with Gasteiger partial charge in [-0.1, -0.05) is 6.07 Å². The number of Topliss-reactive ketones (excluding diaryl/α,β-unsaturated/α-hetero) is 2. The lowest BCUT2D eigenvalue weighted by atomic mass is 9.73. The molecule has 1 amide bonds. The Morgan fingerprint density at radius 1 is 0.865 bits per heavy atom. The van der Waals surface area contributed by atoms with E-state index in [2.05, 4.69) is 5.32 Å². The van der Waals surface area contributed by atoms with Gasteiger partial charge < -0.3 is 24.3 Å². The fourth-order valence-corrected chi connectivity index (χ4v) is 5.15. The van der Waals surface area contributed by atoms with Crippen molar-refractivity contribution in [3.8, 4) is 17.2 Å². The molecule has 192 valence electrons. The molecule has 0 saturated carbocycles. The van der Waals surface area contributed by atoms with Gasteiger partial charge in [0.1, 0.15) is 17.3 Å². The molecule has 0 aromatic heterocycles. The molecule has 0 atom stereocenters. The number of anilines is 1. The van der Waals surface area contributed by atoms with Crippen molar-refractivity contribution >= 4 is 23.2 Å². The third kappa shape index (κ3) is 4.96. The molecule has 1 N–H and O–H groups in total. The first-order valence-corrected chi connectivity index (χ1v) is 12.4. The zero-order valence-electron chi connectivity index (χ0n) is 20.9. The van der Waals surface area contributed by atoms with Crippen LogP contribution in [0.3, 0.4) is 0 Å². The standard InChI is InChI=1S/C29H29NO7/c1-34-19-12-10-18(11-13-19)30-26(33)16-36-22-14-9-17(15-25(22)35-2)27-28-20(31)5-3-7-23(28)37-24-8-4-6-21(32)29(24)27/h9-15,27H,3-8,16H2,1-2H3,(H,30,33). The average Bonchev–Trinajstić information content (AvgIpc) is 2.91. The van der Waals surface area contributed by atoms with Gasteiger partial charge in [0.15, 0.2) is 29.7 Å². The monoisotopic (exact) mass is 503 g/mol. The van der Waals surface area contributed by atoms with E-state index in [9.17, 15) is 14.4 Å². The number of ketones is 2. The summed E-state index contributed by atoms with van der Waals surface area (Å²) in [6.45, 7) is -0.222. The summed E-state index contributed by atoms with van der Waals surface area (Å²) in [6, 6.07) is 12.3. The second kappa shape index (κ2) is 10.5. The second-order valence-electron chi connectivity index (χ2n) is 9.24. The van der Waals surface area contributed by atoms with E-state index in [1.165, 1.54) is 7.11 Å². The Hall–Kier alpha value is -4.07. The SMILES string of the molecule is COc1ccc(NC(=O)COc2ccc(C3C4=C(CCCC4=O)OC4=C3C(=O)CCC4)cc2OC)cc1. The summed E-state index contributed by atoms with van der Waals surface area (Å²) in [7, 11) is 3.09. The largest absolute Gasteiger partial charge is 0.497 e. The predicted molar refractivity (Wildman–Crippen MR) is 136 cm³/mol. The first kappa shape index (κ1) is 24.6. The highest BCUT2D eigenvalue weighted by Gasteiger charge is 2.42. The molecular weight excluding hydrogens is 474 g/mol. The second-order valence-corrected chi connectivity index (χ2v) is 9.24. The minimum absolute atomic E-state index is 0.0191. The summed E-state index contributed by atoms with van der Waals surface area (Å²) in [5.74, 6) is 2.09. The van der Waals surface area contributed by atoms with Crippen molar-refractivity contribution in [3.05, 3.63) is 70.7 Å². The number of carbonyl (C=O) groups excluding carboxylic acids is 3. The number of amides is 1. The number of rotatable bonds is 7. The van der Waals surface area contributed by atoms with E-state index >= 15 is 0 Å². The van der Waals surface area contributed by atoms with Crippen molar-refractivity contribution in [1.82, 2.24) is 0 Å². The molecule has 8 heteroatoms. The van der Waals surface area contributed by atoms with Crippen LogP contribution in [0, 0.1) is 0 Å². The summed E-state index contributed by atoms with van der Waals surface area (Å²) in [4.78, 5) is 38.4. The normalized spacial score (nSPS) is 17.6. The lowest BCUT2D eigenvalue weighted by Gasteiger charge is -2.36. The molecule has 1 heterocycles. The highest BCUT2D eigenvalue weighted by Crippen LogP contribution is 2.48. The number of hydrogen-bond acceptors (Lipinski definition) is 7. The molecule has 0 unspecified atom stereocenters. The van der Waals surface area contributed by atoms with Crippen LogP contribution in [0.5, 0.6) is 17.2 Å². The van der Waals surface area contributed by atoms with Crippen molar-refractivity contribution in [1.29, 1.82) is 0 Å². The Labute approximate surface area is 215 Å². The fraction of sp³-hybridized carbons (Fsp3) is 0.345. The topological polar surface area (TPSA) is 100 Å². The number of benzene rings is 2. The number of carbonyl (C=O) groups is 3. The average molecular weight is 504 g/mol. The molecule has 0 bridgehead atoms. The van der Waals surface area contributed by atoms with Crippen molar-refractivity contribution in [2.75, 3.05) is 26.1 Å². The molecule has 8 nitrogen and oxygen atoms in total. The molecule has 2 aliphatic carbocycles. The Balaban J connectivity index is 1.38. The van der Waals surface area contributed by atoms with Gasteiger partial charge in [0.2, 0.25) is 0 Å². The van der Waals surface area contributed by atoms with Crippen molar-refractivity contribution < 1.29 is 33.3 Å². The van der Waals surface area contributed by atoms with E-state index in [1.807, 2.05) is 6.07 Å².